The maximum absolute atomic E-state index is 12.9. The van der Waals surface area contributed by atoms with Gasteiger partial charge in [-0.3, -0.25) is 0 Å². The minimum absolute atomic E-state index is 0.0313. The van der Waals surface area contributed by atoms with Gasteiger partial charge in [-0.05, 0) is 46.5 Å². The van der Waals surface area contributed by atoms with E-state index < -0.39 is 15.0 Å². The number of nitrogens with one attached hydrogen (secondary N) is 1. The van der Waals surface area contributed by atoms with Gasteiger partial charge in [0.05, 0.1) is 11.4 Å². The van der Waals surface area contributed by atoms with Crippen LogP contribution in [0.15, 0.2) is 50.8 Å². The second-order valence-corrected chi connectivity index (χ2v) is 8.45. The Morgan fingerprint density at radius 3 is 2.70 bits per heavy atom. The predicted molar refractivity (Wildman–Crippen MR) is 92.9 cm³/mol. The number of benzene rings is 1. The molecule has 0 amide bonds. The fourth-order valence-electron chi connectivity index (χ4n) is 1.97. The second-order valence-electron chi connectivity index (χ2n) is 4.86. The van der Waals surface area contributed by atoms with Crippen molar-refractivity contribution < 1.29 is 17.7 Å². The van der Waals surface area contributed by atoms with Crippen molar-refractivity contribution in [2.45, 2.75) is 11.9 Å². The molecule has 1 aromatic carbocycles. The average Bonchev–Trinajstić information content (AvgIpc) is 3.12. The van der Waals surface area contributed by atoms with Gasteiger partial charge in [-0.15, -0.1) is 11.8 Å². The van der Waals surface area contributed by atoms with Gasteiger partial charge in [-0.25, -0.2) is 13.1 Å². The van der Waals surface area contributed by atoms with Crippen LogP contribution in [0.4, 0.5) is 5.88 Å². The van der Waals surface area contributed by atoms with E-state index in [1.165, 1.54) is 17.8 Å². The standard InChI is InChI=1S/C14H13BrN2O4S2/c1-10-12(15)13(21-16-10)17-23(18,19)14(7-8-22-9-14)20-11-5-3-2-4-6-11/h2-8,17H,9H2,1H3. The minimum Gasteiger partial charge on any atom is -0.465 e. The molecule has 2 aromatic rings. The highest BCUT2D eigenvalue weighted by atomic mass is 79.9. The quantitative estimate of drug-likeness (QED) is 0.802. The molecule has 0 saturated heterocycles. The first-order valence-corrected chi connectivity index (χ1v) is 9.93. The zero-order valence-electron chi connectivity index (χ0n) is 12.0. The van der Waals surface area contributed by atoms with Crippen LogP contribution in [0.2, 0.25) is 0 Å². The molecule has 122 valence electrons. The maximum Gasteiger partial charge on any atom is 0.281 e. The molecule has 3 rings (SSSR count). The Morgan fingerprint density at radius 2 is 2.13 bits per heavy atom. The lowest BCUT2D eigenvalue weighted by atomic mass is 10.3. The van der Waals surface area contributed by atoms with Crippen molar-refractivity contribution in [1.82, 2.24) is 5.16 Å². The summed E-state index contributed by atoms with van der Waals surface area (Å²) in [6.07, 6.45) is 1.53. The van der Waals surface area contributed by atoms with E-state index in [2.05, 4.69) is 25.8 Å². The van der Waals surface area contributed by atoms with E-state index in [9.17, 15) is 8.42 Å². The molecule has 1 aromatic heterocycles. The molecule has 1 unspecified atom stereocenters. The van der Waals surface area contributed by atoms with Gasteiger partial charge in [0.1, 0.15) is 10.2 Å². The molecule has 1 aliphatic rings. The molecule has 6 nitrogen and oxygen atoms in total. The molecule has 0 spiro atoms. The largest absolute Gasteiger partial charge is 0.465 e. The molecule has 2 heterocycles. The van der Waals surface area contributed by atoms with Crippen LogP contribution in [-0.2, 0) is 10.0 Å². The Morgan fingerprint density at radius 1 is 1.39 bits per heavy atom. The lowest BCUT2D eigenvalue weighted by Gasteiger charge is -2.27. The number of rotatable bonds is 5. The molecule has 1 N–H and O–H groups in total. The fraction of sp³-hybridized carbons (Fsp3) is 0.214. The van der Waals surface area contributed by atoms with E-state index in [-0.39, 0.29) is 11.6 Å². The van der Waals surface area contributed by atoms with Gasteiger partial charge in [-0.2, -0.15) is 0 Å². The Kier molecular flexibility index (Phi) is 4.43. The second kappa shape index (κ2) is 6.21. The first-order valence-electron chi connectivity index (χ1n) is 6.61. The van der Waals surface area contributed by atoms with Crippen LogP contribution in [0.1, 0.15) is 5.69 Å². The summed E-state index contributed by atoms with van der Waals surface area (Å²) in [7, 11) is -3.93. The fourth-order valence-corrected chi connectivity index (χ4v) is 5.06. The Bertz CT molecular complexity index is 836. The normalized spacial score (nSPS) is 20.6. The molecule has 0 saturated carbocycles. The third kappa shape index (κ3) is 3.13. The molecule has 0 radical (unpaired) electrons. The third-order valence-corrected chi connectivity index (χ3v) is 6.98. The van der Waals surface area contributed by atoms with Crippen molar-refractivity contribution in [2.24, 2.45) is 0 Å². The number of sulfonamides is 1. The SMILES string of the molecule is Cc1noc(NS(=O)(=O)C2(Oc3ccccc3)C=CSC2)c1Br. The molecule has 0 fully saturated rings. The summed E-state index contributed by atoms with van der Waals surface area (Å²) in [6, 6.07) is 8.82. The number of ether oxygens (including phenoxy) is 1. The highest BCUT2D eigenvalue weighted by molar-refractivity contribution is 9.10. The summed E-state index contributed by atoms with van der Waals surface area (Å²) in [6.45, 7) is 1.70. The number of aryl methyl sites for hydroxylation is 1. The van der Waals surface area contributed by atoms with E-state index in [0.29, 0.717) is 15.9 Å². The third-order valence-electron chi connectivity index (χ3n) is 3.21. The molecule has 23 heavy (non-hydrogen) atoms. The number of para-hydroxylation sites is 1. The topological polar surface area (TPSA) is 81.4 Å². The van der Waals surface area contributed by atoms with Gasteiger partial charge in [0.15, 0.2) is 0 Å². The van der Waals surface area contributed by atoms with E-state index >= 15 is 0 Å². The van der Waals surface area contributed by atoms with Crippen LogP contribution < -0.4 is 9.46 Å². The van der Waals surface area contributed by atoms with E-state index in [1.54, 1.807) is 36.6 Å². The summed E-state index contributed by atoms with van der Waals surface area (Å²) >= 11 is 4.61. The van der Waals surface area contributed by atoms with Crippen molar-refractivity contribution in [3.8, 4) is 5.75 Å². The highest BCUT2D eigenvalue weighted by Gasteiger charge is 2.47. The van der Waals surface area contributed by atoms with Crippen LogP contribution in [0.25, 0.3) is 0 Å². The minimum atomic E-state index is -3.93. The van der Waals surface area contributed by atoms with Crippen molar-refractivity contribution in [1.29, 1.82) is 0 Å². The molecule has 1 aliphatic heterocycles. The number of nitrogens with zero attached hydrogens (tertiary/aromatic N) is 1. The Labute approximate surface area is 146 Å². The Balaban J connectivity index is 1.94. The lowest BCUT2D eigenvalue weighted by molar-refractivity contribution is 0.228. The van der Waals surface area contributed by atoms with Crippen molar-refractivity contribution in [3.63, 3.8) is 0 Å². The van der Waals surface area contributed by atoms with E-state index in [4.69, 9.17) is 9.26 Å². The Hall–Kier alpha value is -1.45. The van der Waals surface area contributed by atoms with Gasteiger partial charge >= 0.3 is 0 Å². The zero-order valence-corrected chi connectivity index (χ0v) is 15.2. The van der Waals surface area contributed by atoms with Crippen molar-refractivity contribution >= 4 is 43.6 Å². The van der Waals surface area contributed by atoms with Gasteiger partial charge in [0, 0.05) is 0 Å². The number of anilines is 1. The number of hydrogen-bond acceptors (Lipinski definition) is 6. The van der Waals surface area contributed by atoms with Crippen molar-refractivity contribution in [2.75, 3.05) is 10.5 Å². The first-order chi connectivity index (χ1) is 10.9. The van der Waals surface area contributed by atoms with Gasteiger partial charge in [-0.1, -0.05) is 23.4 Å². The van der Waals surface area contributed by atoms with Gasteiger partial charge in [0.25, 0.3) is 20.8 Å². The number of aromatic nitrogens is 1. The lowest BCUT2D eigenvalue weighted by Crippen LogP contribution is -2.46. The van der Waals surface area contributed by atoms with Crippen LogP contribution in [0.3, 0.4) is 0 Å². The van der Waals surface area contributed by atoms with Crippen molar-refractivity contribution in [3.05, 3.63) is 52.0 Å². The summed E-state index contributed by atoms with van der Waals surface area (Å²) in [5.41, 5.74) is 0.553. The zero-order chi connectivity index (χ0) is 16.5. The maximum atomic E-state index is 12.9. The first kappa shape index (κ1) is 16.4. The molecule has 0 bridgehead atoms. The average molecular weight is 417 g/mol. The van der Waals surface area contributed by atoms with Crippen LogP contribution in [0.5, 0.6) is 5.75 Å². The van der Waals surface area contributed by atoms with Crippen LogP contribution in [-0.4, -0.2) is 24.3 Å². The number of hydrogen-bond donors (Lipinski definition) is 1. The molecule has 9 heteroatoms. The molecular formula is C14H13BrN2O4S2. The van der Waals surface area contributed by atoms with Gasteiger partial charge in [0.2, 0.25) is 0 Å². The smallest absolute Gasteiger partial charge is 0.281 e. The van der Waals surface area contributed by atoms with Crippen LogP contribution in [0, 0.1) is 6.92 Å². The summed E-state index contributed by atoms with van der Waals surface area (Å²) in [4.78, 5) is -1.51. The van der Waals surface area contributed by atoms with E-state index in [1.807, 2.05) is 6.07 Å². The number of thioether (sulfide) groups is 1. The highest BCUT2D eigenvalue weighted by Crippen LogP contribution is 2.37. The van der Waals surface area contributed by atoms with E-state index in [0.717, 1.165) is 0 Å². The molecule has 0 aliphatic carbocycles. The molecular weight excluding hydrogens is 404 g/mol. The van der Waals surface area contributed by atoms with Gasteiger partial charge < -0.3 is 9.26 Å². The summed E-state index contributed by atoms with van der Waals surface area (Å²) < 4.78 is 39.5. The monoisotopic (exact) mass is 416 g/mol. The predicted octanol–water partition coefficient (Wildman–Crippen LogP) is 3.52. The number of halogens is 1. The van der Waals surface area contributed by atoms with Crippen LogP contribution >= 0.6 is 27.7 Å². The summed E-state index contributed by atoms with van der Waals surface area (Å²) in [5, 5.41) is 5.43. The molecule has 1 atom stereocenters. The summed E-state index contributed by atoms with van der Waals surface area (Å²) in [5.74, 6) is 0.740.